The number of esters is 2. The SMILES string of the molecule is CCCCCCCC/C=C\CCCCCCCC(=O)OCC(COC(=O)CCCCCCC/C=C\CCCCCCCC)COP(=O)(O)OCC[N+](C)(C)C. The minimum atomic E-state index is -4.32. The van der Waals surface area contributed by atoms with Crippen molar-refractivity contribution in [3.05, 3.63) is 24.3 Å². The Morgan fingerprint density at radius 1 is 0.527 bits per heavy atom. The number of hydrogen-bond donors (Lipinski definition) is 1. The van der Waals surface area contributed by atoms with Gasteiger partial charge in [0.2, 0.25) is 0 Å². The Hall–Kier alpha value is -1.51. The van der Waals surface area contributed by atoms with Gasteiger partial charge in [-0.15, -0.1) is 0 Å². The molecule has 0 aliphatic carbocycles. The number of allylic oxidation sites excluding steroid dienone is 4. The van der Waals surface area contributed by atoms with E-state index in [1.807, 2.05) is 21.1 Å². The Kier molecular flexibility index (Phi) is 37.0. The smallest absolute Gasteiger partial charge is 0.465 e. The molecule has 0 saturated heterocycles. The van der Waals surface area contributed by atoms with Gasteiger partial charge in [0, 0.05) is 12.8 Å². The Balaban J connectivity index is 4.35. The maximum atomic E-state index is 12.5. The Labute approximate surface area is 339 Å². The third-order valence-corrected chi connectivity index (χ3v) is 10.7. The predicted octanol–water partition coefficient (Wildman–Crippen LogP) is 12.6. The van der Waals surface area contributed by atoms with Crippen LogP contribution in [-0.4, -0.2) is 75.4 Å². The van der Waals surface area contributed by atoms with Gasteiger partial charge < -0.3 is 18.9 Å². The molecular weight excluding hydrogens is 713 g/mol. The number of rotatable bonds is 41. The van der Waals surface area contributed by atoms with Crippen molar-refractivity contribution in [2.24, 2.45) is 5.92 Å². The summed E-state index contributed by atoms with van der Waals surface area (Å²) in [6.07, 6.45) is 40.8. The lowest BCUT2D eigenvalue weighted by atomic mass is 10.1. The van der Waals surface area contributed by atoms with Crippen molar-refractivity contribution in [1.82, 2.24) is 0 Å². The minimum Gasteiger partial charge on any atom is -0.465 e. The summed E-state index contributed by atoms with van der Waals surface area (Å²) in [7, 11) is 1.55. The Morgan fingerprint density at radius 3 is 1.24 bits per heavy atom. The van der Waals surface area contributed by atoms with E-state index < -0.39 is 13.7 Å². The van der Waals surface area contributed by atoms with Crippen LogP contribution in [0.1, 0.15) is 194 Å². The molecule has 10 heteroatoms. The summed E-state index contributed by atoms with van der Waals surface area (Å²) in [5.41, 5.74) is 0. The fraction of sp³-hybridized carbons (Fsp3) is 0.867. The highest BCUT2D eigenvalue weighted by molar-refractivity contribution is 7.47. The van der Waals surface area contributed by atoms with Crippen LogP contribution in [-0.2, 0) is 32.7 Å². The second kappa shape index (κ2) is 38.0. The number of carbonyl (C=O) groups excluding carboxylic acids is 2. The quantitative estimate of drug-likeness (QED) is 0.0214. The number of likely N-dealkylation sites (N-methyl/N-ethyl adjacent to an activating group) is 1. The van der Waals surface area contributed by atoms with Gasteiger partial charge in [-0.25, -0.2) is 4.57 Å². The molecule has 0 heterocycles. The van der Waals surface area contributed by atoms with Crippen molar-refractivity contribution in [3.63, 3.8) is 0 Å². The molecule has 1 N–H and O–H groups in total. The molecule has 1 atom stereocenters. The topological polar surface area (TPSA) is 108 Å². The molecule has 0 spiro atoms. The lowest BCUT2D eigenvalue weighted by molar-refractivity contribution is -0.870. The molecule has 0 bridgehead atoms. The number of ether oxygens (including phenoxy) is 2. The maximum Gasteiger partial charge on any atom is 0.472 e. The lowest BCUT2D eigenvalue weighted by Crippen LogP contribution is -2.37. The normalized spacial score (nSPS) is 13.3. The first-order chi connectivity index (χ1) is 26.5. The Morgan fingerprint density at radius 2 is 0.873 bits per heavy atom. The first-order valence-electron chi connectivity index (χ1n) is 22.5. The fourth-order valence-electron chi connectivity index (χ4n) is 6.06. The van der Waals surface area contributed by atoms with E-state index in [-0.39, 0.29) is 38.4 Å². The zero-order chi connectivity index (χ0) is 40.7. The summed E-state index contributed by atoms with van der Waals surface area (Å²) >= 11 is 0. The van der Waals surface area contributed by atoms with Gasteiger partial charge in [0.15, 0.2) is 0 Å². The number of carbonyl (C=O) groups is 2. The van der Waals surface area contributed by atoms with E-state index in [1.165, 1.54) is 103 Å². The average Bonchev–Trinajstić information content (AvgIpc) is 3.13. The molecule has 9 nitrogen and oxygen atoms in total. The summed E-state index contributed by atoms with van der Waals surface area (Å²) in [6.45, 7) is 4.72. The zero-order valence-electron chi connectivity index (χ0n) is 36.4. The molecule has 1 unspecified atom stereocenters. The van der Waals surface area contributed by atoms with Gasteiger partial charge in [-0.1, -0.05) is 141 Å². The molecule has 0 rings (SSSR count). The van der Waals surface area contributed by atoms with Gasteiger partial charge in [-0.2, -0.15) is 0 Å². The molecule has 0 aromatic rings. The highest BCUT2D eigenvalue weighted by Gasteiger charge is 2.26. The Bertz CT molecular complexity index is 940. The van der Waals surface area contributed by atoms with Crippen LogP contribution in [0.15, 0.2) is 24.3 Å². The molecule has 324 valence electrons. The number of phosphoric ester groups is 1. The fourth-order valence-corrected chi connectivity index (χ4v) is 6.84. The molecule has 0 aromatic heterocycles. The van der Waals surface area contributed by atoms with E-state index >= 15 is 0 Å². The molecule has 0 aliphatic heterocycles. The van der Waals surface area contributed by atoms with Gasteiger partial charge >= 0.3 is 19.8 Å². The minimum absolute atomic E-state index is 0.0534. The van der Waals surface area contributed by atoms with Crippen LogP contribution in [0.3, 0.4) is 0 Å². The monoisotopic (exact) mass is 801 g/mol. The highest BCUT2D eigenvalue weighted by Crippen LogP contribution is 2.43. The van der Waals surface area contributed by atoms with Crippen LogP contribution in [0, 0.1) is 5.92 Å². The van der Waals surface area contributed by atoms with Crippen molar-refractivity contribution in [3.8, 4) is 0 Å². The number of nitrogens with zero attached hydrogens (tertiary/aromatic N) is 1. The molecule has 0 amide bonds. The van der Waals surface area contributed by atoms with Gasteiger partial charge in [0.05, 0.1) is 46.9 Å². The summed E-state index contributed by atoms with van der Waals surface area (Å²) in [4.78, 5) is 35.2. The zero-order valence-corrected chi connectivity index (χ0v) is 37.3. The maximum absolute atomic E-state index is 12.5. The average molecular weight is 801 g/mol. The summed E-state index contributed by atoms with van der Waals surface area (Å²) < 4.78 is 34.4. The third-order valence-electron chi connectivity index (χ3n) is 9.74. The predicted molar refractivity (Wildman–Crippen MR) is 229 cm³/mol. The summed E-state index contributed by atoms with van der Waals surface area (Å²) in [5, 5.41) is 0. The van der Waals surface area contributed by atoms with E-state index in [0.29, 0.717) is 23.9 Å². The molecular formula is C45H87NO8P+. The van der Waals surface area contributed by atoms with E-state index in [2.05, 4.69) is 38.2 Å². The van der Waals surface area contributed by atoms with Gasteiger partial charge in [0.25, 0.3) is 0 Å². The van der Waals surface area contributed by atoms with Crippen LogP contribution in [0.4, 0.5) is 0 Å². The molecule has 0 aliphatic rings. The van der Waals surface area contributed by atoms with E-state index in [0.717, 1.165) is 64.2 Å². The summed E-state index contributed by atoms with van der Waals surface area (Å²) in [6, 6.07) is 0. The van der Waals surface area contributed by atoms with Gasteiger partial charge in [-0.3, -0.25) is 18.6 Å². The number of hydrogen-bond acceptors (Lipinski definition) is 7. The lowest BCUT2D eigenvalue weighted by Gasteiger charge is -2.24. The van der Waals surface area contributed by atoms with Crippen LogP contribution in [0.5, 0.6) is 0 Å². The molecule has 0 fully saturated rings. The van der Waals surface area contributed by atoms with E-state index in [4.69, 9.17) is 18.5 Å². The van der Waals surface area contributed by atoms with Crippen molar-refractivity contribution >= 4 is 19.8 Å². The largest absolute Gasteiger partial charge is 0.472 e. The molecule has 0 radical (unpaired) electrons. The number of unbranched alkanes of at least 4 members (excludes halogenated alkanes) is 22. The van der Waals surface area contributed by atoms with Crippen LogP contribution < -0.4 is 0 Å². The standard InChI is InChI=1S/C45H86NO8P/c1-6-8-10-12-14-16-18-20-22-24-26-28-30-32-34-36-44(47)51-40-43(42-54-55(49,50)53-39-38-46(3,4)5)41-52-45(48)37-35-33-31-29-27-25-23-21-19-17-15-13-11-9-7-2/h20-23,43H,6-19,24-42H2,1-5H3/p+1/b22-20-,23-21-. The van der Waals surface area contributed by atoms with Crippen molar-refractivity contribution in [2.45, 2.75) is 194 Å². The van der Waals surface area contributed by atoms with Crippen LogP contribution in [0.25, 0.3) is 0 Å². The highest BCUT2D eigenvalue weighted by atomic mass is 31.2. The van der Waals surface area contributed by atoms with Crippen molar-refractivity contribution < 1.29 is 42.1 Å². The van der Waals surface area contributed by atoms with Crippen molar-refractivity contribution in [2.75, 3.05) is 54.1 Å². The van der Waals surface area contributed by atoms with Crippen LogP contribution >= 0.6 is 7.82 Å². The van der Waals surface area contributed by atoms with E-state index in [9.17, 15) is 19.0 Å². The van der Waals surface area contributed by atoms with Gasteiger partial charge in [-0.05, 0) is 64.2 Å². The third kappa shape index (κ3) is 41.9. The first-order valence-corrected chi connectivity index (χ1v) is 24.0. The second-order valence-corrected chi connectivity index (χ2v) is 18.0. The van der Waals surface area contributed by atoms with Gasteiger partial charge in [0.1, 0.15) is 13.2 Å². The van der Waals surface area contributed by atoms with Crippen molar-refractivity contribution in [1.29, 1.82) is 0 Å². The second-order valence-electron chi connectivity index (χ2n) is 16.5. The molecule has 55 heavy (non-hydrogen) atoms. The number of quaternary nitrogens is 1. The first kappa shape index (κ1) is 53.5. The number of phosphoric acid groups is 1. The molecule has 0 saturated carbocycles. The van der Waals surface area contributed by atoms with Crippen LogP contribution in [0.2, 0.25) is 0 Å². The van der Waals surface area contributed by atoms with E-state index in [1.54, 1.807) is 0 Å². The summed E-state index contributed by atoms with van der Waals surface area (Å²) in [5.74, 6) is -1.24. The molecule has 0 aromatic carbocycles.